The van der Waals surface area contributed by atoms with E-state index in [1.807, 2.05) is 46.9 Å². The highest BCUT2D eigenvalue weighted by atomic mass is 127. The van der Waals surface area contributed by atoms with Crippen LogP contribution in [0.4, 0.5) is 0 Å². The number of aliphatic hydroxyl groups is 3. The standard InChI is InChI=1S/C18H23IN6O5/c1-29-10-4-2-9(3-5-10)6-17(20)13-15(23-16(19)24-17)25(8-22-13)18(21)14(28)12(27)11(7-26)30-18/h2-5,11-12,14,26-28H,6-8,20-21H2,1H3/t11-,12-,14-,17?,18+/m1/s1. The third kappa shape index (κ3) is 3.41. The molecule has 1 aromatic carbocycles. The van der Waals surface area contributed by atoms with Crippen LogP contribution in [0.3, 0.4) is 0 Å². The van der Waals surface area contributed by atoms with E-state index in [1.165, 1.54) is 4.90 Å². The zero-order valence-corrected chi connectivity index (χ0v) is 18.3. The lowest BCUT2D eigenvalue weighted by atomic mass is 9.94. The lowest BCUT2D eigenvalue weighted by Crippen LogP contribution is -2.66. The fraction of sp³-hybridized carbons (Fsp3) is 0.500. The van der Waals surface area contributed by atoms with Crippen molar-refractivity contribution in [1.82, 2.24) is 4.90 Å². The van der Waals surface area contributed by atoms with Crippen molar-refractivity contribution in [3.05, 3.63) is 29.8 Å². The average molecular weight is 530 g/mol. The second-order valence-corrected chi connectivity index (χ2v) is 8.33. The molecule has 30 heavy (non-hydrogen) atoms. The third-order valence-corrected chi connectivity index (χ3v) is 5.92. The van der Waals surface area contributed by atoms with Crippen LogP contribution in [0.2, 0.25) is 0 Å². The first-order chi connectivity index (χ1) is 14.2. The molecule has 1 aromatic rings. The monoisotopic (exact) mass is 530 g/mol. The molecule has 0 spiro atoms. The summed E-state index contributed by atoms with van der Waals surface area (Å²) < 4.78 is 11.2. The van der Waals surface area contributed by atoms with Crippen molar-refractivity contribution in [1.29, 1.82) is 0 Å². The van der Waals surface area contributed by atoms with Gasteiger partial charge in [-0.15, -0.1) is 0 Å². The third-order valence-electron chi connectivity index (χ3n) is 5.44. The summed E-state index contributed by atoms with van der Waals surface area (Å²) in [5, 5.41) is 30.1. The number of benzene rings is 1. The van der Waals surface area contributed by atoms with E-state index in [-0.39, 0.29) is 6.67 Å². The predicted molar refractivity (Wildman–Crippen MR) is 118 cm³/mol. The maximum absolute atomic E-state index is 10.5. The van der Waals surface area contributed by atoms with Crippen LogP contribution in [0, 0.1) is 0 Å². The summed E-state index contributed by atoms with van der Waals surface area (Å²) in [5.41, 5.74) is 13.1. The van der Waals surface area contributed by atoms with Gasteiger partial charge in [-0.3, -0.25) is 15.6 Å². The van der Waals surface area contributed by atoms with Crippen molar-refractivity contribution in [3.8, 4) is 5.75 Å². The summed E-state index contributed by atoms with van der Waals surface area (Å²) in [5.74, 6) is -0.781. The van der Waals surface area contributed by atoms with E-state index in [9.17, 15) is 15.3 Å². The van der Waals surface area contributed by atoms with Gasteiger partial charge in [0.25, 0.3) is 0 Å². The second-order valence-electron chi connectivity index (χ2n) is 7.37. The van der Waals surface area contributed by atoms with E-state index in [4.69, 9.17) is 20.9 Å². The minimum absolute atomic E-state index is 0.00754. The normalized spacial score (nSPS) is 35.6. The van der Waals surface area contributed by atoms with Gasteiger partial charge in [0.15, 0.2) is 15.3 Å². The molecule has 11 nitrogen and oxygen atoms in total. The zero-order valence-electron chi connectivity index (χ0n) is 16.1. The van der Waals surface area contributed by atoms with Gasteiger partial charge >= 0.3 is 0 Å². The van der Waals surface area contributed by atoms with Crippen LogP contribution in [0.15, 0.2) is 39.2 Å². The van der Waals surface area contributed by atoms with Gasteiger partial charge in [0.1, 0.15) is 36.4 Å². The lowest BCUT2D eigenvalue weighted by molar-refractivity contribution is -0.156. The molecule has 12 heteroatoms. The molecule has 0 saturated carbocycles. The van der Waals surface area contributed by atoms with Crippen LogP contribution >= 0.6 is 22.6 Å². The van der Waals surface area contributed by atoms with Crippen molar-refractivity contribution in [3.63, 3.8) is 0 Å². The Bertz CT molecular complexity index is 924. The molecule has 7 N–H and O–H groups in total. The summed E-state index contributed by atoms with van der Waals surface area (Å²) >= 11 is 1.96. The van der Waals surface area contributed by atoms with E-state index in [0.29, 0.717) is 21.8 Å². The molecule has 1 saturated heterocycles. The van der Waals surface area contributed by atoms with E-state index in [0.717, 1.165) is 11.3 Å². The number of methoxy groups -OCH3 is 1. The Morgan fingerprint density at radius 3 is 2.60 bits per heavy atom. The Labute approximate surface area is 186 Å². The van der Waals surface area contributed by atoms with Crippen LogP contribution in [-0.2, 0) is 11.2 Å². The van der Waals surface area contributed by atoms with Gasteiger partial charge in [-0.25, -0.2) is 9.98 Å². The van der Waals surface area contributed by atoms with Crippen molar-refractivity contribution in [2.45, 2.75) is 36.2 Å². The van der Waals surface area contributed by atoms with Crippen LogP contribution in [0.25, 0.3) is 0 Å². The summed E-state index contributed by atoms with van der Waals surface area (Å²) in [4.78, 5) is 14.9. The zero-order chi connectivity index (χ0) is 21.7. The number of fused-ring (bicyclic) bond motifs is 1. The molecule has 0 amide bonds. The Hall–Kier alpha value is -1.68. The molecule has 3 aliphatic rings. The molecular formula is C18H23IN6O5. The highest BCUT2D eigenvalue weighted by Gasteiger charge is 2.59. The minimum atomic E-state index is -1.83. The van der Waals surface area contributed by atoms with E-state index in [2.05, 4.69) is 15.0 Å². The van der Waals surface area contributed by atoms with Crippen LogP contribution in [0.5, 0.6) is 5.75 Å². The Morgan fingerprint density at radius 1 is 1.30 bits per heavy atom. The molecule has 1 unspecified atom stereocenters. The number of nitrogens with zero attached hydrogens (tertiary/aromatic N) is 4. The van der Waals surface area contributed by atoms with Crippen molar-refractivity contribution >= 4 is 38.0 Å². The molecule has 0 radical (unpaired) electrons. The number of amidine groups is 2. The van der Waals surface area contributed by atoms with Gasteiger partial charge in [-0.2, -0.15) is 0 Å². The van der Waals surface area contributed by atoms with E-state index in [1.54, 1.807) is 7.11 Å². The summed E-state index contributed by atoms with van der Waals surface area (Å²) in [7, 11) is 1.60. The van der Waals surface area contributed by atoms with E-state index < -0.39 is 36.4 Å². The Kier molecular flexibility index (Phi) is 5.59. The van der Waals surface area contributed by atoms with Crippen LogP contribution < -0.4 is 16.2 Å². The number of ether oxygens (including phenoxy) is 2. The van der Waals surface area contributed by atoms with Crippen molar-refractivity contribution in [2.24, 2.45) is 26.4 Å². The fourth-order valence-electron chi connectivity index (χ4n) is 3.83. The molecule has 0 aliphatic carbocycles. The number of aliphatic hydroxyl groups excluding tert-OH is 3. The number of rotatable bonds is 5. The first kappa shape index (κ1) is 21.5. The van der Waals surface area contributed by atoms with Crippen molar-refractivity contribution in [2.75, 3.05) is 20.4 Å². The minimum Gasteiger partial charge on any atom is -0.497 e. The summed E-state index contributed by atoms with van der Waals surface area (Å²) in [6.45, 7) is -0.490. The molecular weight excluding hydrogens is 507 g/mol. The molecule has 3 heterocycles. The molecule has 0 bridgehead atoms. The van der Waals surface area contributed by atoms with Gasteiger partial charge in [0.2, 0.25) is 5.85 Å². The SMILES string of the molecule is COc1ccc(CC2(N)N=C(I)N=C3C2=NCN3[C@]2(N)O[C@H](CO)[C@@H](O)[C@H]2O)cc1. The number of aliphatic imine (C=N–C) groups is 3. The van der Waals surface area contributed by atoms with Gasteiger partial charge < -0.3 is 30.5 Å². The second kappa shape index (κ2) is 7.78. The number of nitrogens with two attached hydrogens (primary N) is 2. The maximum atomic E-state index is 10.5. The highest BCUT2D eigenvalue weighted by molar-refractivity contribution is 14.1. The van der Waals surface area contributed by atoms with Crippen molar-refractivity contribution < 1.29 is 24.8 Å². The molecule has 4 rings (SSSR count). The van der Waals surface area contributed by atoms with Gasteiger partial charge in [0.05, 0.1) is 13.7 Å². The van der Waals surface area contributed by atoms with Gasteiger partial charge in [0, 0.05) is 29.0 Å². The number of halogens is 1. The predicted octanol–water partition coefficient (Wildman–Crippen LogP) is -1.46. The van der Waals surface area contributed by atoms with Gasteiger partial charge in [-0.05, 0) is 17.7 Å². The quantitative estimate of drug-likeness (QED) is 0.227. The molecule has 3 aliphatic heterocycles. The number of hydrogen-bond acceptors (Lipinski definition) is 11. The Morgan fingerprint density at radius 2 is 2.00 bits per heavy atom. The largest absolute Gasteiger partial charge is 0.497 e. The summed E-state index contributed by atoms with van der Waals surface area (Å²) in [6, 6.07) is 7.46. The molecule has 1 fully saturated rings. The van der Waals surface area contributed by atoms with Crippen LogP contribution in [0.1, 0.15) is 5.56 Å². The van der Waals surface area contributed by atoms with E-state index >= 15 is 0 Å². The molecule has 162 valence electrons. The van der Waals surface area contributed by atoms with Crippen LogP contribution in [-0.4, -0.2) is 85.8 Å². The summed E-state index contributed by atoms with van der Waals surface area (Å²) in [6.07, 6.45) is -3.54. The molecule has 0 aromatic heterocycles. The topological polar surface area (TPSA) is 172 Å². The molecule has 5 atom stereocenters. The van der Waals surface area contributed by atoms with Gasteiger partial charge in [-0.1, -0.05) is 12.1 Å². The Balaban J connectivity index is 1.63. The first-order valence-electron chi connectivity index (χ1n) is 9.24. The number of hydrogen-bond donors (Lipinski definition) is 5. The fourth-order valence-corrected chi connectivity index (χ4v) is 4.49. The lowest BCUT2D eigenvalue weighted by Gasteiger charge is -2.39. The average Bonchev–Trinajstić information content (AvgIpc) is 3.24. The first-order valence-corrected chi connectivity index (χ1v) is 10.3. The highest BCUT2D eigenvalue weighted by Crippen LogP contribution is 2.35. The smallest absolute Gasteiger partial charge is 0.228 e. The maximum Gasteiger partial charge on any atom is 0.228 e.